The molecule has 0 heteroatoms. The van der Waals surface area contributed by atoms with Crippen LogP contribution in [0.3, 0.4) is 0 Å². The van der Waals surface area contributed by atoms with Gasteiger partial charge >= 0.3 is 0 Å². The van der Waals surface area contributed by atoms with Gasteiger partial charge in [0.25, 0.3) is 0 Å². The molecule has 4 aliphatic rings. The van der Waals surface area contributed by atoms with Crippen LogP contribution in [0, 0.1) is 29.1 Å². The van der Waals surface area contributed by atoms with E-state index in [0.717, 1.165) is 29.1 Å². The van der Waals surface area contributed by atoms with E-state index < -0.39 is 0 Å². The molecule has 4 aliphatic carbocycles. The fourth-order valence-corrected chi connectivity index (χ4v) is 7.10. The highest BCUT2D eigenvalue weighted by Gasteiger charge is 2.53. The van der Waals surface area contributed by atoms with Crippen molar-refractivity contribution in [3.05, 3.63) is 0 Å². The van der Waals surface area contributed by atoms with Crippen molar-refractivity contribution in [2.24, 2.45) is 29.1 Å². The largest absolute Gasteiger partial charge is 0.0530 e. The van der Waals surface area contributed by atoms with Crippen molar-refractivity contribution in [3.8, 4) is 0 Å². The molecule has 0 N–H and O–H groups in total. The Kier molecular flexibility index (Phi) is 3.40. The van der Waals surface area contributed by atoms with E-state index in [1.54, 1.807) is 89.9 Å². The summed E-state index contributed by atoms with van der Waals surface area (Å²) in [5.74, 6) is 4.59. The zero-order valence-electron chi connectivity index (χ0n) is 12.7. The summed E-state index contributed by atoms with van der Waals surface area (Å²) in [4.78, 5) is 0. The SMILES string of the molecule is C1CCC2C(C1)CCCC2C12CCCCC1CCC2. The van der Waals surface area contributed by atoms with Crippen LogP contribution in [0.1, 0.15) is 89.9 Å². The third-order valence-electron chi connectivity index (χ3n) is 7.77. The Morgan fingerprint density at radius 1 is 0.579 bits per heavy atom. The molecular formula is C19H32. The van der Waals surface area contributed by atoms with E-state index >= 15 is 0 Å². The zero-order chi connectivity index (χ0) is 12.7. The molecule has 0 saturated heterocycles. The van der Waals surface area contributed by atoms with Gasteiger partial charge in [0.15, 0.2) is 0 Å². The second kappa shape index (κ2) is 5.08. The molecule has 0 spiro atoms. The minimum absolute atomic E-state index is 0.846. The van der Waals surface area contributed by atoms with Crippen LogP contribution in [0.4, 0.5) is 0 Å². The fourth-order valence-electron chi connectivity index (χ4n) is 7.10. The average molecular weight is 260 g/mol. The van der Waals surface area contributed by atoms with Gasteiger partial charge in [-0.05, 0) is 67.6 Å². The van der Waals surface area contributed by atoms with Crippen LogP contribution < -0.4 is 0 Å². The quantitative estimate of drug-likeness (QED) is 0.546. The zero-order valence-corrected chi connectivity index (χ0v) is 12.7. The van der Waals surface area contributed by atoms with Crippen molar-refractivity contribution in [1.29, 1.82) is 0 Å². The van der Waals surface area contributed by atoms with Crippen molar-refractivity contribution in [3.63, 3.8) is 0 Å². The first-order chi connectivity index (χ1) is 9.40. The third kappa shape index (κ3) is 2.00. The standard InChI is InChI=1S/C19H32/c1-2-11-17-15(7-1)8-5-12-18(17)19-13-4-3-9-16(19)10-6-14-19/h15-18H,1-14H2. The Morgan fingerprint density at radius 2 is 1.32 bits per heavy atom. The smallest absolute Gasteiger partial charge is 0.0238 e. The first-order valence-corrected chi connectivity index (χ1v) is 9.40. The van der Waals surface area contributed by atoms with Crippen LogP contribution in [0.2, 0.25) is 0 Å². The lowest BCUT2D eigenvalue weighted by atomic mass is 9.51. The summed E-state index contributed by atoms with van der Waals surface area (Å²) in [5.41, 5.74) is 0.846. The molecule has 0 aliphatic heterocycles. The number of hydrogen-bond acceptors (Lipinski definition) is 0. The molecule has 4 rings (SSSR count). The molecule has 5 unspecified atom stereocenters. The molecule has 0 bridgehead atoms. The molecule has 0 nitrogen and oxygen atoms in total. The Bertz CT molecular complexity index is 318. The average Bonchev–Trinajstić information content (AvgIpc) is 2.91. The Hall–Kier alpha value is 0. The Morgan fingerprint density at radius 3 is 2.32 bits per heavy atom. The van der Waals surface area contributed by atoms with Crippen LogP contribution >= 0.6 is 0 Å². The topological polar surface area (TPSA) is 0 Å². The summed E-state index contributed by atoms with van der Waals surface area (Å²) >= 11 is 0. The molecule has 0 aromatic carbocycles. The van der Waals surface area contributed by atoms with Crippen molar-refractivity contribution < 1.29 is 0 Å². The molecule has 0 radical (unpaired) electrons. The van der Waals surface area contributed by atoms with Crippen LogP contribution in [0.5, 0.6) is 0 Å². The predicted molar refractivity (Wildman–Crippen MR) is 81.0 cm³/mol. The summed E-state index contributed by atoms with van der Waals surface area (Å²) in [6.45, 7) is 0. The van der Waals surface area contributed by atoms with Crippen molar-refractivity contribution in [1.82, 2.24) is 0 Å². The van der Waals surface area contributed by atoms with Gasteiger partial charge in [0.2, 0.25) is 0 Å². The lowest BCUT2D eigenvalue weighted by molar-refractivity contribution is -0.0404. The van der Waals surface area contributed by atoms with Gasteiger partial charge in [0.05, 0.1) is 0 Å². The molecule has 0 aromatic rings. The Balaban J connectivity index is 1.61. The lowest BCUT2D eigenvalue weighted by Gasteiger charge is -2.54. The molecule has 4 fully saturated rings. The van der Waals surface area contributed by atoms with E-state index in [1.165, 1.54) is 0 Å². The van der Waals surface area contributed by atoms with Crippen molar-refractivity contribution in [2.75, 3.05) is 0 Å². The summed E-state index contributed by atoms with van der Waals surface area (Å²) < 4.78 is 0. The highest BCUT2D eigenvalue weighted by atomic mass is 14.6. The third-order valence-corrected chi connectivity index (χ3v) is 7.77. The van der Waals surface area contributed by atoms with Crippen LogP contribution in [-0.2, 0) is 0 Å². The molecule has 19 heavy (non-hydrogen) atoms. The minimum atomic E-state index is 0.846. The van der Waals surface area contributed by atoms with E-state index in [-0.39, 0.29) is 0 Å². The maximum Gasteiger partial charge on any atom is -0.0238 e. The normalized spacial score (nSPS) is 50.5. The van der Waals surface area contributed by atoms with Crippen LogP contribution in [0.25, 0.3) is 0 Å². The Labute approximate surface area is 119 Å². The number of hydrogen-bond donors (Lipinski definition) is 0. The summed E-state index contributed by atoms with van der Waals surface area (Å²) in [6.07, 6.45) is 22.1. The number of fused-ring (bicyclic) bond motifs is 2. The van der Waals surface area contributed by atoms with Crippen LogP contribution in [-0.4, -0.2) is 0 Å². The van der Waals surface area contributed by atoms with Gasteiger partial charge in [-0.3, -0.25) is 0 Å². The van der Waals surface area contributed by atoms with Crippen molar-refractivity contribution >= 4 is 0 Å². The van der Waals surface area contributed by atoms with Gasteiger partial charge in [0.1, 0.15) is 0 Å². The summed E-state index contributed by atoms with van der Waals surface area (Å²) in [7, 11) is 0. The van der Waals surface area contributed by atoms with E-state index in [1.807, 2.05) is 0 Å². The van der Waals surface area contributed by atoms with Gasteiger partial charge in [-0.1, -0.05) is 51.4 Å². The van der Waals surface area contributed by atoms with Gasteiger partial charge < -0.3 is 0 Å². The van der Waals surface area contributed by atoms with E-state index in [4.69, 9.17) is 0 Å². The maximum absolute atomic E-state index is 1.62. The minimum Gasteiger partial charge on any atom is -0.0530 e. The molecule has 4 saturated carbocycles. The highest BCUT2D eigenvalue weighted by Crippen LogP contribution is 2.62. The first-order valence-electron chi connectivity index (χ1n) is 9.40. The highest BCUT2D eigenvalue weighted by molar-refractivity contribution is 5.03. The predicted octanol–water partition coefficient (Wildman–Crippen LogP) is 5.95. The van der Waals surface area contributed by atoms with E-state index in [0.29, 0.717) is 0 Å². The monoisotopic (exact) mass is 260 g/mol. The molecule has 108 valence electrons. The molecule has 0 aromatic heterocycles. The van der Waals surface area contributed by atoms with E-state index in [2.05, 4.69) is 0 Å². The van der Waals surface area contributed by atoms with Gasteiger partial charge in [-0.15, -0.1) is 0 Å². The lowest BCUT2D eigenvalue weighted by Crippen LogP contribution is -2.45. The summed E-state index contributed by atoms with van der Waals surface area (Å²) in [5, 5.41) is 0. The number of rotatable bonds is 1. The van der Waals surface area contributed by atoms with Crippen molar-refractivity contribution in [2.45, 2.75) is 89.9 Å². The van der Waals surface area contributed by atoms with Crippen LogP contribution in [0.15, 0.2) is 0 Å². The van der Waals surface area contributed by atoms with Gasteiger partial charge in [0, 0.05) is 0 Å². The maximum atomic E-state index is 1.62. The molecular weight excluding hydrogens is 228 g/mol. The molecule has 0 heterocycles. The second-order valence-electron chi connectivity index (χ2n) is 8.31. The fraction of sp³-hybridized carbons (Fsp3) is 1.00. The van der Waals surface area contributed by atoms with E-state index in [9.17, 15) is 0 Å². The first kappa shape index (κ1) is 12.7. The second-order valence-corrected chi connectivity index (χ2v) is 8.31. The van der Waals surface area contributed by atoms with Gasteiger partial charge in [-0.2, -0.15) is 0 Å². The molecule has 0 amide bonds. The molecule has 5 atom stereocenters. The summed E-state index contributed by atoms with van der Waals surface area (Å²) in [6, 6.07) is 0. The van der Waals surface area contributed by atoms with Gasteiger partial charge in [-0.25, -0.2) is 0 Å².